The Morgan fingerprint density at radius 3 is 2.62 bits per heavy atom. The number of aliphatic hydroxyl groups is 2. The first-order valence-corrected chi connectivity index (χ1v) is 10.8. The molecule has 0 amide bonds. The third-order valence-corrected chi connectivity index (χ3v) is 6.12. The minimum absolute atomic E-state index is 0.132. The van der Waals surface area contributed by atoms with Crippen molar-refractivity contribution < 1.29 is 14.9 Å². The van der Waals surface area contributed by atoms with Crippen molar-refractivity contribution in [2.75, 3.05) is 30.4 Å². The van der Waals surface area contributed by atoms with Gasteiger partial charge in [0.15, 0.2) is 17.9 Å². The highest BCUT2D eigenvalue weighted by atomic mass is 35.5. The molecular formula is C23H24ClN5O3. The van der Waals surface area contributed by atoms with Crippen molar-refractivity contribution in [2.45, 2.75) is 25.7 Å². The summed E-state index contributed by atoms with van der Waals surface area (Å²) >= 11 is 6.23. The molecule has 32 heavy (non-hydrogen) atoms. The molecule has 9 heteroatoms. The third-order valence-electron chi connectivity index (χ3n) is 5.83. The number of aromatic nitrogens is 2. The van der Waals surface area contributed by atoms with E-state index < -0.39 is 6.29 Å². The Morgan fingerprint density at radius 2 is 1.97 bits per heavy atom. The number of fused-ring (bicyclic) bond motifs is 1. The quantitative estimate of drug-likeness (QED) is 0.487. The molecule has 166 valence electrons. The lowest BCUT2D eigenvalue weighted by Crippen LogP contribution is -2.38. The van der Waals surface area contributed by atoms with Gasteiger partial charge < -0.3 is 25.2 Å². The van der Waals surface area contributed by atoms with Crippen molar-refractivity contribution in [3.8, 4) is 11.8 Å². The zero-order chi connectivity index (χ0) is 22.7. The molecule has 0 atom stereocenters. The number of nitrogens with zero attached hydrogens (tertiary/aromatic N) is 4. The Balaban J connectivity index is 1.62. The molecule has 4 rings (SSSR count). The molecule has 1 aliphatic rings. The zero-order valence-electron chi connectivity index (χ0n) is 17.6. The van der Waals surface area contributed by atoms with E-state index in [0.29, 0.717) is 54.6 Å². The van der Waals surface area contributed by atoms with Gasteiger partial charge in [0, 0.05) is 36.3 Å². The molecular weight excluding hydrogens is 430 g/mol. The van der Waals surface area contributed by atoms with E-state index in [2.05, 4.69) is 26.5 Å². The summed E-state index contributed by atoms with van der Waals surface area (Å²) in [6.45, 7) is 1.79. The standard InChI is InChI=1S/C23H24ClN5O3/c1-32-20-5-3-15(11-19(20)24)13-26-21-18-10-14(12-25)2-4-17(18)22(28-27-21)29-8-6-16(7-9-29)23(30)31/h2-5,10-11,16,23,30-31H,6-9,13H2,1H3,(H,26,27). The number of methoxy groups -OCH3 is 1. The second kappa shape index (κ2) is 9.57. The van der Waals surface area contributed by atoms with Crippen LogP contribution in [0.4, 0.5) is 11.6 Å². The van der Waals surface area contributed by atoms with Gasteiger partial charge in [0.25, 0.3) is 0 Å². The normalized spacial score (nSPS) is 14.6. The van der Waals surface area contributed by atoms with Gasteiger partial charge in [-0.05, 0) is 48.7 Å². The van der Waals surface area contributed by atoms with Crippen LogP contribution in [0.15, 0.2) is 36.4 Å². The summed E-state index contributed by atoms with van der Waals surface area (Å²) in [4.78, 5) is 2.10. The van der Waals surface area contributed by atoms with E-state index in [0.717, 1.165) is 22.2 Å². The van der Waals surface area contributed by atoms with Gasteiger partial charge in [0.05, 0.1) is 23.8 Å². The summed E-state index contributed by atoms with van der Waals surface area (Å²) in [5.74, 6) is 1.79. The van der Waals surface area contributed by atoms with Crippen molar-refractivity contribution in [1.82, 2.24) is 10.2 Å². The van der Waals surface area contributed by atoms with Crippen molar-refractivity contribution in [3.63, 3.8) is 0 Å². The van der Waals surface area contributed by atoms with E-state index >= 15 is 0 Å². The SMILES string of the molecule is COc1ccc(CNc2nnc(N3CCC(C(O)O)CC3)c3ccc(C#N)cc23)cc1Cl. The van der Waals surface area contributed by atoms with E-state index in [1.165, 1.54) is 0 Å². The van der Waals surface area contributed by atoms with Gasteiger partial charge in [-0.25, -0.2) is 0 Å². The fourth-order valence-electron chi connectivity index (χ4n) is 3.99. The van der Waals surface area contributed by atoms with Crippen molar-refractivity contribution >= 4 is 34.0 Å². The Labute approximate surface area is 191 Å². The lowest BCUT2D eigenvalue weighted by atomic mass is 9.96. The predicted molar refractivity (Wildman–Crippen MR) is 123 cm³/mol. The summed E-state index contributed by atoms with van der Waals surface area (Å²) in [5.41, 5.74) is 1.49. The van der Waals surface area contributed by atoms with Crippen LogP contribution >= 0.6 is 11.6 Å². The van der Waals surface area contributed by atoms with Crippen LogP contribution in [0.25, 0.3) is 10.8 Å². The van der Waals surface area contributed by atoms with E-state index in [1.807, 2.05) is 24.3 Å². The number of piperidine rings is 1. The highest BCUT2D eigenvalue weighted by Gasteiger charge is 2.26. The maximum absolute atomic E-state index is 9.45. The maximum Gasteiger partial charge on any atom is 0.159 e. The van der Waals surface area contributed by atoms with Crippen LogP contribution in [0.1, 0.15) is 24.0 Å². The number of rotatable bonds is 6. The fourth-order valence-corrected chi connectivity index (χ4v) is 4.27. The highest BCUT2D eigenvalue weighted by molar-refractivity contribution is 6.32. The van der Waals surface area contributed by atoms with Crippen LogP contribution in [0.2, 0.25) is 5.02 Å². The molecule has 1 aromatic heterocycles. The lowest BCUT2D eigenvalue weighted by molar-refractivity contribution is -0.0893. The van der Waals surface area contributed by atoms with Gasteiger partial charge in [-0.1, -0.05) is 17.7 Å². The average molecular weight is 454 g/mol. The van der Waals surface area contributed by atoms with Crippen LogP contribution in [0.5, 0.6) is 5.75 Å². The first kappa shape index (κ1) is 22.1. The van der Waals surface area contributed by atoms with E-state index in [-0.39, 0.29) is 5.92 Å². The van der Waals surface area contributed by atoms with E-state index in [9.17, 15) is 15.5 Å². The first-order valence-electron chi connectivity index (χ1n) is 10.4. The molecule has 2 heterocycles. The van der Waals surface area contributed by atoms with Crippen molar-refractivity contribution in [3.05, 3.63) is 52.5 Å². The van der Waals surface area contributed by atoms with Crippen molar-refractivity contribution in [1.29, 1.82) is 5.26 Å². The van der Waals surface area contributed by atoms with Crippen LogP contribution < -0.4 is 15.0 Å². The van der Waals surface area contributed by atoms with Crippen molar-refractivity contribution in [2.24, 2.45) is 5.92 Å². The average Bonchev–Trinajstić information content (AvgIpc) is 2.82. The van der Waals surface area contributed by atoms with Gasteiger partial charge in [-0.3, -0.25) is 0 Å². The number of nitrogens with one attached hydrogen (secondary N) is 1. The molecule has 1 fully saturated rings. The minimum Gasteiger partial charge on any atom is -0.495 e. The topological polar surface area (TPSA) is 115 Å². The molecule has 1 aliphatic heterocycles. The number of hydrogen-bond acceptors (Lipinski definition) is 8. The third kappa shape index (κ3) is 4.55. The molecule has 0 saturated carbocycles. The number of halogens is 1. The van der Waals surface area contributed by atoms with Crippen LogP contribution in [0, 0.1) is 17.2 Å². The van der Waals surface area contributed by atoms with E-state index in [1.54, 1.807) is 19.2 Å². The Hall–Kier alpha value is -3.12. The first-order chi connectivity index (χ1) is 15.5. The number of anilines is 2. The minimum atomic E-state index is -1.30. The number of nitriles is 1. The number of ether oxygens (including phenoxy) is 1. The molecule has 8 nitrogen and oxygen atoms in total. The molecule has 0 aliphatic carbocycles. The smallest absolute Gasteiger partial charge is 0.159 e. The maximum atomic E-state index is 9.45. The predicted octanol–water partition coefficient (Wildman–Crippen LogP) is 3.30. The second-order valence-electron chi connectivity index (χ2n) is 7.80. The molecule has 0 radical (unpaired) electrons. The Bertz CT molecular complexity index is 1160. The monoisotopic (exact) mass is 453 g/mol. The molecule has 3 N–H and O–H groups in total. The van der Waals surface area contributed by atoms with Gasteiger partial charge in [-0.15, -0.1) is 10.2 Å². The molecule has 0 bridgehead atoms. The van der Waals surface area contributed by atoms with Gasteiger partial charge in [-0.2, -0.15) is 5.26 Å². The van der Waals surface area contributed by atoms with Gasteiger partial charge in [0.2, 0.25) is 0 Å². The summed E-state index contributed by atoms with van der Waals surface area (Å²) < 4.78 is 5.20. The molecule has 0 unspecified atom stereocenters. The summed E-state index contributed by atoms with van der Waals surface area (Å²) in [6, 6.07) is 13.2. The Kier molecular flexibility index (Phi) is 6.61. The second-order valence-corrected chi connectivity index (χ2v) is 8.21. The molecule has 0 spiro atoms. The molecule has 3 aromatic rings. The zero-order valence-corrected chi connectivity index (χ0v) is 18.4. The Morgan fingerprint density at radius 1 is 1.19 bits per heavy atom. The summed E-state index contributed by atoms with van der Waals surface area (Å²) in [7, 11) is 1.57. The van der Waals surface area contributed by atoms with Gasteiger partial charge in [0.1, 0.15) is 5.75 Å². The molecule has 1 saturated heterocycles. The molecule has 2 aromatic carbocycles. The largest absolute Gasteiger partial charge is 0.495 e. The van der Waals surface area contributed by atoms with Gasteiger partial charge >= 0.3 is 0 Å². The number of hydrogen-bond donors (Lipinski definition) is 3. The van der Waals surface area contributed by atoms with E-state index in [4.69, 9.17) is 16.3 Å². The lowest BCUT2D eigenvalue weighted by Gasteiger charge is -2.33. The summed E-state index contributed by atoms with van der Waals surface area (Å²) in [5, 5.41) is 42.7. The highest BCUT2D eigenvalue weighted by Crippen LogP contribution is 2.33. The van der Waals surface area contributed by atoms with Crippen LogP contribution in [-0.4, -0.2) is 46.9 Å². The number of benzene rings is 2. The number of aliphatic hydroxyl groups excluding tert-OH is 1. The van der Waals surface area contributed by atoms with Crippen LogP contribution in [-0.2, 0) is 6.54 Å². The fraction of sp³-hybridized carbons (Fsp3) is 0.348. The van der Waals surface area contributed by atoms with Crippen LogP contribution in [0.3, 0.4) is 0 Å². The summed E-state index contributed by atoms with van der Waals surface area (Å²) in [6.07, 6.45) is 0.0289.